The number of piperidine rings is 2. The molecule has 0 atom stereocenters. The Balaban J connectivity index is 1.38. The zero-order valence-electron chi connectivity index (χ0n) is 28.3. The molecular formula is C37H47N7O3. The second-order valence-electron chi connectivity index (χ2n) is 13.8. The molecule has 7 rings (SSSR count). The van der Waals surface area contributed by atoms with Crippen molar-refractivity contribution in [1.29, 1.82) is 0 Å². The van der Waals surface area contributed by atoms with E-state index in [1.54, 1.807) is 7.11 Å². The van der Waals surface area contributed by atoms with Gasteiger partial charge in [0, 0.05) is 61.0 Å². The van der Waals surface area contributed by atoms with Crippen molar-refractivity contribution < 1.29 is 14.3 Å². The smallest absolute Gasteiger partial charge is 0.245 e. The Hall–Kier alpha value is -4.02. The first-order valence-corrected chi connectivity index (χ1v) is 17.1. The highest BCUT2D eigenvalue weighted by Gasteiger charge is 2.46. The molecule has 0 saturated carbocycles. The van der Waals surface area contributed by atoms with Crippen LogP contribution in [0.4, 0.5) is 5.82 Å². The normalized spacial score (nSPS) is 18.6. The van der Waals surface area contributed by atoms with Crippen molar-refractivity contribution in [3.8, 4) is 16.9 Å². The van der Waals surface area contributed by atoms with Crippen molar-refractivity contribution in [2.75, 3.05) is 71.5 Å². The fraction of sp³-hybridized carbons (Fsp3) is 0.514. The van der Waals surface area contributed by atoms with E-state index in [4.69, 9.17) is 19.4 Å². The molecule has 1 N–H and O–H groups in total. The van der Waals surface area contributed by atoms with E-state index in [1.807, 2.05) is 11.1 Å². The summed E-state index contributed by atoms with van der Waals surface area (Å²) in [6.45, 7) is 14.4. The number of aryl methyl sites for hydroxylation is 2. The Labute approximate surface area is 277 Å². The number of nitrogens with zero attached hydrogens (tertiary/aromatic N) is 6. The lowest BCUT2D eigenvalue weighted by molar-refractivity contribution is -0.139. The Morgan fingerprint density at radius 1 is 1.09 bits per heavy atom. The van der Waals surface area contributed by atoms with Crippen molar-refractivity contribution in [2.24, 2.45) is 5.41 Å². The van der Waals surface area contributed by atoms with Gasteiger partial charge in [0.2, 0.25) is 5.91 Å². The lowest BCUT2D eigenvalue weighted by Crippen LogP contribution is -2.61. The maximum atomic E-state index is 12.2. The predicted molar refractivity (Wildman–Crippen MR) is 186 cm³/mol. The average Bonchev–Trinajstić information content (AvgIpc) is 3.56. The molecule has 0 aliphatic carbocycles. The van der Waals surface area contributed by atoms with Gasteiger partial charge in [-0.2, -0.15) is 5.10 Å². The maximum absolute atomic E-state index is 12.2. The highest BCUT2D eigenvalue weighted by Crippen LogP contribution is 2.47. The molecule has 248 valence electrons. The first-order valence-electron chi connectivity index (χ1n) is 17.1. The number of likely N-dealkylation sites (tertiary alicyclic amines) is 2. The number of rotatable bonds is 9. The summed E-state index contributed by atoms with van der Waals surface area (Å²) in [6.07, 6.45) is 8.30. The summed E-state index contributed by atoms with van der Waals surface area (Å²) in [5.74, 6) is 3.05. The molecule has 5 heterocycles. The first kappa shape index (κ1) is 31.6. The van der Waals surface area contributed by atoms with E-state index >= 15 is 0 Å². The van der Waals surface area contributed by atoms with Gasteiger partial charge in [0.05, 0.1) is 18.3 Å². The number of H-pyrrole nitrogens is 1. The van der Waals surface area contributed by atoms with Crippen LogP contribution < -0.4 is 9.64 Å². The summed E-state index contributed by atoms with van der Waals surface area (Å²) >= 11 is 0. The van der Waals surface area contributed by atoms with Crippen molar-refractivity contribution >= 4 is 33.5 Å². The van der Waals surface area contributed by atoms with Crippen LogP contribution in [0, 0.1) is 12.3 Å². The number of benzene rings is 2. The maximum Gasteiger partial charge on any atom is 0.245 e. The number of aromatic amines is 1. The molecule has 3 fully saturated rings. The van der Waals surface area contributed by atoms with Crippen molar-refractivity contribution in [3.63, 3.8) is 0 Å². The van der Waals surface area contributed by atoms with Gasteiger partial charge in [-0.15, -0.1) is 0 Å². The minimum Gasteiger partial charge on any atom is -0.488 e. The third-order valence-corrected chi connectivity index (χ3v) is 10.8. The molecule has 10 nitrogen and oxygen atoms in total. The molecular weight excluding hydrogens is 590 g/mol. The molecule has 0 radical (unpaired) electrons. The predicted octanol–water partition coefficient (Wildman–Crippen LogP) is 5.49. The number of hydrogen-bond donors (Lipinski definition) is 1. The van der Waals surface area contributed by atoms with E-state index in [9.17, 15) is 4.79 Å². The highest BCUT2D eigenvalue weighted by molar-refractivity contribution is 6.05. The van der Waals surface area contributed by atoms with Crippen molar-refractivity contribution in [1.82, 2.24) is 30.0 Å². The van der Waals surface area contributed by atoms with E-state index in [0.29, 0.717) is 13.2 Å². The molecule has 1 amide bonds. The summed E-state index contributed by atoms with van der Waals surface area (Å²) < 4.78 is 12.2. The molecule has 2 aromatic heterocycles. The number of anilines is 1. The monoisotopic (exact) mass is 637 g/mol. The summed E-state index contributed by atoms with van der Waals surface area (Å²) in [7, 11) is 3.90. The van der Waals surface area contributed by atoms with Gasteiger partial charge in [-0.3, -0.25) is 9.89 Å². The van der Waals surface area contributed by atoms with Gasteiger partial charge in [0.25, 0.3) is 0 Å². The zero-order valence-corrected chi connectivity index (χ0v) is 28.3. The lowest BCUT2D eigenvalue weighted by Gasteiger charge is -2.54. The van der Waals surface area contributed by atoms with Gasteiger partial charge in [0.15, 0.2) is 5.75 Å². The highest BCUT2D eigenvalue weighted by atomic mass is 16.5. The second kappa shape index (κ2) is 12.9. The molecule has 47 heavy (non-hydrogen) atoms. The fourth-order valence-electron chi connectivity index (χ4n) is 7.92. The van der Waals surface area contributed by atoms with Crippen LogP contribution in [-0.2, 0) is 16.0 Å². The minimum absolute atomic E-state index is 0.0351. The summed E-state index contributed by atoms with van der Waals surface area (Å²) in [5.41, 5.74) is 6.64. The third kappa shape index (κ3) is 5.75. The van der Waals surface area contributed by atoms with Gasteiger partial charge in [-0.05, 0) is 94.1 Å². The molecule has 0 unspecified atom stereocenters. The Bertz CT molecular complexity index is 1790. The first-order chi connectivity index (χ1) is 22.8. The van der Waals surface area contributed by atoms with Crippen LogP contribution in [0.2, 0.25) is 0 Å². The van der Waals surface area contributed by atoms with Crippen molar-refractivity contribution in [3.05, 3.63) is 54.0 Å². The fourth-order valence-corrected chi connectivity index (χ4v) is 7.92. The van der Waals surface area contributed by atoms with Gasteiger partial charge < -0.3 is 24.2 Å². The van der Waals surface area contributed by atoms with Crippen LogP contribution in [0.1, 0.15) is 55.5 Å². The van der Waals surface area contributed by atoms with E-state index in [0.717, 1.165) is 122 Å². The van der Waals surface area contributed by atoms with Crippen LogP contribution in [0.15, 0.2) is 37.1 Å². The van der Waals surface area contributed by atoms with Crippen LogP contribution in [0.5, 0.6) is 5.75 Å². The molecule has 0 bridgehead atoms. The molecule has 3 aliphatic rings. The lowest BCUT2D eigenvalue weighted by atomic mass is 9.72. The van der Waals surface area contributed by atoms with E-state index in [1.165, 1.54) is 17.2 Å². The number of amides is 1. The van der Waals surface area contributed by atoms with Gasteiger partial charge >= 0.3 is 0 Å². The van der Waals surface area contributed by atoms with Crippen LogP contribution >= 0.6 is 0 Å². The number of hydrogen-bond acceptors (Lipinski definition) is 8. The number of fused-ring (bicyclic) bond motifs is 2. The SMILES string of the molecule is C=CC(=O)N1CC2(CCN(c3nc(C4CCN(C)CC4)nc4c(OCCOC)c(-c5c(C)ccc6[nH]ncc56)c(CC)cc34)CC2)C1. The Kier molecular flexibility index (Phi) is 8.65. The molecule has 10 heteroatoms. The standard InChI is InChI=1S/C37H47N7O3/c1-6-25-20-27-33(34(47-19-18-46-5)32(25)31-24(3)8-9-29-28(31)21-38-41-29)39-35(26-10-14-42(4)15-11-26)40-36(27)43-16-12-37(13-17-43)22-44(23-37)30(45)7-2/h7-9,20-21,26H,2,6,10-19,22-23H2,1,3-5H3,(H,38,41). The number of carbonyl (C=O) groups excluding carboxylic acids is 1. The number of carbonyl (C=O) groups is 1. The molecule has 2 aromatic carbocycles. The van der Waals surface area contributed by atoms with Crippen LogP contribution in [0.3, 0.4) is 0 Å². The van der Waals surface area contributed by atoms with Gasteiger partial charge in [-0.25, -0.2) is 9.97 Å². The summed E-state index contributed by atoms with van der Waals surface area (Å²) in [6, 6.07) is 6.56. The molecule has 4 aromatic rings. The van der Waals surface area contributed by atoms with Gasteiger partial charge in [0.1, 0.15) is 23.8 Å². The number of aromatic nitrogens is 4. The van der Waals surface area contributed by atoms with E-state index in [-0.39, 0.29) is 17.2 Å². The molecule has 3 saturated heterocycles. The van der Waals surface area contributed by atoms with Crippen LogP contribution in [-0.4, -0.2) is 103 Å². The number of methoxy groups -OCH3 is 1. The number of nitrogens with one attached hydrogen (secondary N) is 1. The van der Waals surface area contributed by atoms with E-state index < -0.39 is 0 Å². The summed E-state index contributed by atoms with van der Waals surface area (Å²) in [5, 5.41) is 9.68. The Morgan fingerprint density at radius 2 is 1.85 bits per heavy atom. The number of ether oxygens (including phenoxy) is 2. The molecule has 1 spiro atoms. The Morgan fingerprint density at radius 3 is 2.55 bits per heavy atom. The largest absolute Gasteiger partial charge is 0.488 e. The zero-order chi connectivity index (χ0) is 32.7. The summed E-state index contributed by atoms with van der Waals surface area (Å²) in [4.78, 5) is 29.8. The minimum atomic E-state index is 0.0351. The average molecular weight is 638 g/mol. The molecule has 3 aliphatic heterocycles. The second-order valence-corrected chi connectivity index (χ2v) is 13.8. The van der Waals surface area contributed by atoms with Crippen molar-refractivity contribution in [2.45, 2.75) is 51.9 Å². The van der Waals surface area contributed by atoms with Crippen LogP contribution in [0.25, 0.3) is 32.9 Å². The quantitative estimate of drug-likeness (QED) is 0.190. The third-order valence-electron chi connectivity index (χ3n) is 10.8. The topological polar surface area (TPSA) is 99.7 Å². The van der Waals surface area contributed by atoms with Gasteiger partial charge in [-0.1, -0.05) is 19.6 Å². The van der Waals surface area contributed by atoms with E-state index in [2.05, 4.69) is 65.7 Å².